The molecule has 2 N–H and O–H groups in total. The van der Waals surface area contributed by atoms with Crippen LogP contribution in [0.15, 0.2) is 67.0 Å². The van der Waals surface area contributed by atoms with Gasteiger partial charge in [-0.05, 0) is 86.6 Å². The van der Waals surface area contributed by atoms with E-state index in [2.05, 4.69) is 45.8 Å². The van der Waals surface area contributed by atoms with Crippen LogP contribution < -0.4 is 10.2 Å². The third kappa shape index (κ3) is 3.81. The normalized spacial score (nSPS) is 17.8. The average molecular weight is 490 g/mol. The average Bonchev–Trinajstić information content (AvgIpc) is 3.32. The van der Waals surface area contributed by atoms with Gasteiger partial charge in [0.15, 0.2) is 5.11 Å². The molecule has 5 rings (SSSR count). The molecular formula is C26H24ClN5OS. The van der Waals surface area contributed by atoms with Crippen molar-refractivity contribution in [2.75, 3.05) is 4.90 Å². The number of phenolic OH excluding ortho intramolecular Hbond substituents is 1. The van der Waals surface area contributed by atoms with Crippen LogP contribution >= 0.6 is 23.8 Å². The quantitative estimate of drug-likeness (QED) is 0.357. The summed E-state index contributed by atoms with van der Waals surface area (Å²) in [7, 11) is 0. The summed E-state index contributed by atoms with van der Waals surface area (Å²) in [5.41, 5.74) is 5.66. The first-order valence-electron chi connectivity index (χ1n) is 11.0. The molecule has 0 saturated carbocycles. The molecule has 0 radical (unpaired) electrons. The maximum atomic E-state index is 10.7. The van der Waals surface area contributed by atoms with Crippen molar-refractivity contribution in [1.29, 1.82) is 0 Å². The fraction of sp³-hybridized carbons (Fsp3) is 0.192. The Balaban J connectivity index is 1.70. The van der Waals surface area contributed by atoms with Gasteiger partial charge in [0.1, 0.15) is 11.6 Å². The number of benzene rings is 1. The Bertz CT molecular complexity index is 1370. The highest BCUT2D eigenvalue weighted by Crippen LogP contribution is 2.46. The highest BCUT2D eigenvalue weighted by atomic mass is 35.5. The van der Waals surface area contributed by atoms with Crippen LogP contribution in [-0.2, 0) is 0 Å². The van der Waals surface area contributed by atoms with Gasteiger partial charge in [-0.2, -0.15) is 0 Å². The Labute approximate surface area is 208 Å². The number of rotatable bonds is 4. The van der Waals surface area contributed by atoms with Crippen LogP contribution in [-0.4, -0.2) is 24.8 Å². The molecular weight excluding hydrogens is 466 g/mol. The van der Waals surface area contributed by atoms with Gasteiger partial charge in [0, 0.05) is 28.8 Å². The number of aryl methyl sites for hydroxylation is 2. The number of phenols is 1. The first kappa shape index (κ1) is 22.4. The molecule has 1 aliphatic rings. The summed E-state index contributed by atoms with van der Waals surface area (Å²) in [6, 6.07) is 16.6. The van der Waals surface area contributed by atoms with Crippen LogP contribution in [0, 0.1) is 20.8 Å². The summed E-state index contributed by atoms with van der Waals surface area (Å²) in [4.78, 5) is 11.2. The third-order valence-corrected chi connectivity index (χ3v) is 6.76. The Morgan fingerprint density at radius 1 is 1.03 bits per heavy atom. The van der Waals surface area contributed by atoms with E-state index in [0.29, 0.717) is 15.8 Å². The predicted molar refractivity (Wildman–Crippen MR) is 139 cm³/mol. The lowest BCUT2D eigenvalue weighted by molar-refractivity contribution is 0.472. The van der Waals surface area contributed by atoms with Crippen LogP contribution in [0.3, 0.4) is 0 Å². The van der Waals surface area contributed by atoms with E-state index in [1.165, 1.54) is 0 Å². The maximum Gasteiger partial charge on any atom is 0.174 e. The van der Waals surface area contributed by atoms with E-state index in [1.807, 2.05) is 42.3 Å². The van der Waals surface area contributed by atoms with Gasteiger partial charge in [-0.1, -0.05) is 23.7 Å². The van der Waals surface area contributed by atoms with Crippen molar-refractivity contribution < 1.29 is 5.11 Å². The van der Waals surface area contributed by atoms with Crippen LogP contribution in [0.2, 0.25) is 5.02 Å². The number of aromatic hydroxyl groups is 1. The number of anilines is 1. The van der Waals surface area contributed by atoms with E-state index < -0.39 is 0 Å². The number of pyridine rings is 2. The molecule has 0 amide bonds. The fourth-order valence-corrected chi connectivity index (χ4v) is 5.16. The molecule has 1 aromatic carbocycles. The van der Waals surface area contributed by atoms with Crippen molar-refractivity contribution in [3.63, 3.8) is 0 Å². The van der Waals surface area contributed by atoms with Gasteiger partial charge >= 0.3 is 0 Å². The van der Waals surface area contributed by atoms with E-state index in [9.17, 15) is 5.11 Å². The Kier molecular flexibility index (Phi) is 5.75. The van der Waals surface area contributed by atoms with E-state index in [4.69, 9.17) is 23.8 Å². The summed E-state index contributed by atoms with van der Waals surface area (Å²) in [5.74, 6) is 0.959. The lowest BCUT2D eigenvalue weighted by atomic mass is 9.96. The van der Waals surface area contributed by atoms with E-state index in [0.717, 1.165) is 34.0 Å². The van der Waals surface area contributed by atoms with Gasteiger partial charge in [-0.25, -0.2) is 4.98 Å². The lowest BCUT2D eigenvalue weighted by Crippen LogP contribution is -2.29. The second-order valence-electron chi connectivity index (χ2n) is 8.49. The minimum absolute atomic E-state index is 0.106. The van der Waals surface area contributed by atoms with Gasteiger partial charge in [0.25, 0.3) is 0 Å². The molecule has 8 heteroatoms. The predicted octanol–water partition coefficient (Wildman–Crippen LogP) is 5.73. The summed E-state index contributed by atoms with van der Waals surface area (Å²) in [5, 5.41) is 15.2. The maximum absolute atomic E-state index is 10.7. The van der Waals surface area contributed by atoms with E-state index in [-0.39, 0.29) is 17.8 Å². The summed E-state index contributed by atoms with van der Waals surface area (Å²) in [6.45, 7) is 6.17. The summed E-state index contributed by atoms with van der Waals surface area (Å²) < 4.78 is 2.14. The molecule has 0 spiro atoms. The highest BCUT2D eigenvalue weighted by molar-refractivity contribution is 7.80. The van der Waals surface area contributed by atoms with E-state index in [1.54, 1.807) is 24.4 Å². The Morgan fingerprint density at radius 2 is 1.85 bits per heavy atom. The summed E-state index contributed by atoms with van der Waals surface area (Å²) in [6.07, 6.45) is 3.64. The SMILES string of the molecule is Cc1ccc(-n2c(C)cc([C@@H]3[C@@H](c4ccccn4)NC(=S)N3c3cc(Cl)ccc3O)c2C)nc1. The molecule has 1 saturated heterocycles. The molecule has 0 bridgehead atoms. The molecule has 172 valence electrons. The van der Waals surface area contributed by atoms with Crippen molar-refractivity contribution in [1.82, 2.24) is 19.9 Å². The zero-order valence-corrected chi connectivity index (χ0v) is 20.6. The largest absolute Gasteiger partial charge is 0.506 e. The molecule has 4 heterocycles. The smallest absolute Gasteiger partial charge is 0.174 e. The van der Waals surface area contributed by atoms with Crippen molar-refractivity contribution in [3.8, 4) is 11.6 Å². The first-order valence-corrected chi connectivity index (χ1v) is 11.7. The monoisotopic (exact) mass is 489 g/mol. The van der Waals surface area contributed by atoms with Gasteiger partial charge in [0.2, 0.25) is 0 Å². The lowest BCUT2D eigenvalue weighted by Gasteiger charge is -2.28. The third-order valence-electron chi connectivity index (χ3n) is 6.21. The fourth-order valence-electron chi connectivity index (χ4n) is 4.65. The molecule has 34 heavy (non-hydrogen) atoms. The number of hydrogen-bond acceptors (Lipinski definition) is 4. The topological polar surface area (TPSA) is 66.2 Å². The van der Waals surface area contributed by atoms with Crippen molar-refractivity contribution >= 4 is 34.6 Å². The molecule has 0 unspecified atom stereocenters. The molecule has 3 aromatic heterocycles. The number of nitrogens with zero attached hydrogens (tertiary/aromatic N) is 4. The van der Waals surface area contributed by atoms with Crippen LogP contribution in [0.5, 0.6) is 5.75 Å². The first-order chi connectivity index (χ1) is 16.3. The minimum atomic E-state index is -0.267. The second kappa shape index (κ2) is 8.74. The minimum Gasteiger partial charge on any atom is -0.506 e. The van der Waals surface area contributed by atoms with Gasteiger partial charge in [0.05, 0.1) is 23.5 Å². The Hall–Kier alpha value is -3.42. The molecule has 1 fully saturated rings. The number of nitrogens with one attached hydrogen (secondary N) is 1. The molecule has 2 atom stereocenters. The van der Waals surface area contributed by atoms with Gasteiger partial charge in [-0.15, -0.1) is 0 Å². The number of thiocarbonyl (C=S) groups is 1. The molecule has 4 aromatic rings. The Morgan fingerprint density at radius 3 is 2.56 bits per heavy atom. The van der Waals surface area contributed by atoms with Gasteiger partial charge in [-0.3, -0.25) is 4.98 Å². The summed E-state index contributed by atoms with van der Waals surface area (Å²) >= 11 is 12.1. The molecule has 1 aliphatic heterocycles. The molecule has 0 aliphatic carbocycles. The van der Waals surface area contributed by atoms with Crippen LogP contribution in [0.4, 0.5) is 5.69 Å². The zero-order valence-electron chi connectivity index (χ0n) is 19.0. The molecule has 6 nitrogen and oxygen atoms in total. The standard InChI is InChI=1S/C26H24ClN5OS/c1-15-7-10-23(29-14-15)31-16(2)12-19(17(31)3)25-24(20-6-4-5-11-28-20)30-26(34)32(25)21-13-18(27)8-9-22(21)33/h4-14,24-25,33H,1-3H3,(H,30,34)/t24-,25-/m1/s1. The number of hydrogen-bond donors (Lipinski definition) is 2. The van der Waals surface area contributed by atoms with Crippen molar-refractivity contribution in [2.45, 2.75) is 32.9 Å². The van der Waals surface area contributed by atoms with Crippen LogP contribution in [0.1, 0.15) is 40.3 Å². The van der Waals surface area contributed by atoms with Crippen molar-refractivity contribution in [3.05, 3.63) is 100 Å². The van der Waals surface area contributed by atoms with E-state index >= 15 is 0 Å². The second-order valence-corrected chi connectivity index (χ2v) is 9.31. The number of halogens is 1. The van der Waals surface area contributed by atoms with Gasteiger partial charge < -0.3 is 19.9 Å². The zero-order chi connectivity index (χ0) is 24.0. The number of aromatic nitrogens is 3. The van der Waals surface area contributed by atoms with Crippen LogP contribution in [0.25, 0.3) is 5.82 Å². The highest BCUT2D eigenvalue weighted by Gasteiger charge is 2.43. The van der Waals surface area contributed by atoms with Crippen molar-refractivity contribution in [2.24, 2.45) is 0 Å².